The molecule has 23 heavy (non-hydrogen) atoms. The summed E-state index contributed by atoms with van der Waals surface area (Å²) in [5, 5.41) is 9.78. The highest BCUT2D eigenvalue weighted by Crippen LogP contribution is 2.31. The van der Waals surface area contributed by atoms with Gasteiger partial charge < -0.3 is 14.6 Å². The number of phenols is 1. The number of hydrogen-bond donors (Lipinski definition) is 1. The van der Waals surface area contributed by atoms with E-state index in [1.54, 1.807) is 18.3 Å². The molecule has 0 fully saturated rings. The summed E-state index contributed by atoms with van der Waals surface area (Å²) in [6.45, 7) is 7.08. The minimum atomic E-state index is -0.0514. The van der Waals surface area contributed by atoms with Crippen molar-refractivity contribution in [3.05, 3.63) is 53.6 Å². The van der Waals surface area contributed by atoms with E-state index in [2.05, 4.69) is 4.99 Å². The van der Waals surface area contributed by atoms with Gasteiger partial charge in [-0.25, -0.2) is 0 Å². The summed E-state index contributed by atoms with van der Waals surface area (Å²) in [5.41, 5.74) is 1.74. The molecule has 0 aliphatic carbocycles. The molecule has 122 valence electrons. The van der Waals surface area contributed by atoms with Crippen molar-refractivity contribution in [3.8, 4) is 17.2 Å². The van der Waals surface area contributed by atoms with Crippen LogP contribution in [-0.4, -0.2) is 24.5 Å². The van der Waals surface area contributed by atoms with Gasteiger partial charge in [-0.1, -0.05) is 18.2 Å². The molecule has 0 heterocycles. The van der Waals surface area contributed by atoms with Crippen molar-refractivity contribution in [1.82, 2.24) is 0 Å². The number of aromatic hydroxyl groups is 1. The molecule has 0 aliphatic heterocycles. The van der Waals surface area contributed by atoms with E-state index in [1.807, 2.05) is 51.1 Å². The Labute approximate surface area is 137 Å². The zero-order valence-electron chi connectivity index (χ0n) is 13.8. The van der Waals surface area contributed by atoms with Gasteiger partial charge in [0, 0.05) is 11.8 Å². The van der Waals surface area contributed by atoms with Crippen LogP contribution < -0.4 is 9.47 Å². The molecular weight excluding hydrogens is 290 g/mol. The fraction of sp³-hybridized carbons (Fsp3) is 0.316. The molecule has 4 heteroatoms. The van der Waals surface area contributed by atoms with Gasteiger partial charge in [0.15, 0.2) is 11.5 Å². The number of phenolic OH excluding ortho intramolecular Hbond substituents is 1. The number of para-hydroxylation sites is 1. The standard InChI is InChI=1S/C19H23NO3/c1-4-22-18-11-10-15(12-19(18)23-5-2)14(3)20-13-16-8-6-7-9-17(16)21/h6-14,21H,4-5H2,1-3H3/t14-/m0/s1. The molecule has 2 aromatic carbocycles. The Hall–Kier alpha value is -2.49. The van der Waals surface area contributed by atoms with Crippen LogP contribution in [0.3, 0.4) is 0 Å². The predicted molar refractivity (Wildman–Crippen MR) is 92.9 cm³/mol. The second-order valence-corrected chi connectivity index (χ2v) is 5.09. The SMILES string of the molecule is CCOc1ccc([C@H](C)N=Cc2ccccc2O)cc1OCC. The van der Waals surface area contributed by atoms with Gasteiger partial charge in [-0.05, 0) is 50.6 Å². The molecule has 0 saturated carbocycles. The van der Waals surface area contributed by atoms with Crippen LogP contribution in [0.15, 0.2) is 47.5 Å². The van der Waals surface area contributed by atoms with Crippen LogP contribution in [0, 0.1) is 0 Å². The van der Waals surface area contributed by atoms with Crippen molar-refractivity contribution < 1.29 is 14.6 Å². The maximum absolute atomic E-state index is 9.78. The Kier molecular flexibility index (Phi) is 6.03. The third-order valence-corrected chi connectivity index (χ3v) is 3.42. The summed E-state index contributed by atoms with van der Waals surface area (Å²) in [4.78, 5) is 4.52. The summed E-state index contributed by atoms with van der Waals surface area (Å²) in [6.07, 6.45) is 1.69. The van der Waals surface area contributed by atoms with Crippen molar-refractivity contribution in [2.45, 2.75) is 26.8 Å². The van der Waals surface area contributed by atoms with Crippen molar-refractivity contribution in [2.24, 2.45) is 4.99 Å². The summed E-state index contributed by atoms with van der Waals surface area (Å²) >= 11 is 0. The van der Waals surface area contributed by atoms with Crippen LogP contribution in [0.1, 0.15) is 37.9 Å². The van der Waals surface area contributed by atoms with Crippen LogP contribution in [0.25, 0.3) is 0 Å². The predicted octanol–water partition coefficient (Wildman–Crippen LogP) is 4.37. The first-order valence-electron chi connectivity index (χ1n) is 7.86. The van der Waals surface area contributed by atoms with Crippen molar-refractivity contribution in [3.63, 3.8) is 0 Å². The first-order chi connectivity index (χ1) is 11.2. The van der Waals surface area contributed by atoms with E-state index >= 15 is 0 Å². The highest BCUT2D eigenvalue weighted by Gasteiger charge is 2.10. The maximum atomic E-state index is 9.78. The summed E-state index contributed by atoms with van der Waals surface area (Å²) < 4.78 is 11.2. The number of ether oxygens (including phenoxy) is 2. The number of nitrogens with zero attached hydrogens (tertiary/aromatic N) is 1. The smallest absolute Gasteiger partial charge is 0.161 e. The molecule has 1 atom stereocenters. The van der Waals surface area contributed by atoms with Gasteiger partial charge in [0.25, 0.3) is 0 Å². The molecule has 1 N–H and O–H groups in total. The fourth-order valence-corrected chi connectivity index (χ4v) is 2.20. The Morgan fingerprint density at radius 3 is 2.43 bits per heavy atom. The average Bonchev–Trinajstić information content (AvgIpc) is 2.56. The third kappa shape index (κ3) is 4.49. The van der Waals surface area contributed by atoms with E-state index in [0.717, 1.165) is 17.1 Å². The Balaban J connectivity index is 2.20. The molecule has 0 unspecified atom stereocenters. The van der Waals surface area contributed by atoms with Gasteiger partial charge in [-0.15, -0.1) is 0 Å². The molecular formula is C19H23NO3. The second kappa shape index (κ2) is 8.22. The van der Waals surface area contributed by atoms with Gasteiger partial charge in [0.2, 0.25) is 0 Å². The minimum Gasteiger partial charge on any atom is -0.507 e. The van der Waals surface area contributed by atoms with Crippen LogP contribution >= 0.6 is 0 Å². The Morgan fingerprint density at radius 1 is 1.04 bits per heavy atom. The zero-order valence-corrected chi connectivity index (χ0v) is 13.8. The highest BCUT2D eigenvalue weighted by molar-refractivity contribution is 5.83. The molecule has 0 amide bonds. The van der Waals surface area contributed by atoms with Crippen molar-refractivity contribution in [2.75, 3.05) is 13.2 Å². The van der Waals surface area contributed by atoms with E-state index in [1.165, 1.54) is 0 Å². The number of rotatable bonds is 7. The van der Waals surface area contributed by atoms with E-state index in [4.69, 9.17) is 9.47 Å². The third-order valence-electron chi connectivity index (χ3n) is 3.42. The molecule has 0 bridgehead atoms. The quantitative estimate of drug-likeness (QED) is 0.772. The molecule has 2 aromatic rings. The highest BCUT2D eigenvalue weighted by atomic mass is 16.5. The largest absolute Gasteiger partial charge is 0.507 e. The summed E-state index contributed by atoms with van der Waals surface area (Å²) in [6, 6.07) is 12.9. The average molecular weight is 313 g/mol. The lowest BCUT2D eigenvalue weighted by Crippen LogP contribution is -2.00. The van der Waals surface area contributed by atoms with E-state index < -0.39 is 0 Å². The normalized spacial score (nSPS) is 12.3. The Bertz CT molecular complexity index is 667. The minimum absolute atomic E-state index is 0.0514. The van der Waals surface area contributed by atoms with E-state index in [9.17, 15) is 5.11 Å². The first kappa shape index (κ1) is 16.9. The van der Waals surface area contributed by atoms with E-state index in [-0.39, 0.29) is 11.8 Å². The monoisotopic (exact) mass is 313 g/mol. The molecule has 0 saturated heterocycles. The Morgan fingerprint density at radius 2 is 1.74 bits per heavy atom. The van der Waals surface area contributed by atoms with Gasteiger partial charge in [0.1, 0.15) is 5.75 Å². The lowest BCUT2D eigenvalue weighted by atomic mass is 10.1. The second-order valence-electron chi connectivity index (χ2n) is 5.09. The first-order valence-corrected chi connectivity index (χ1v) is 7.86. The van der Waals surface area contributed by atoms with Crippen LogP contribution in [0.4, 0.5) is 0 Å². The summed E-state index contributed by atoms with van der Waals surface area (Å²) in [7, 11) is 0. The van der Waals surface area contributed by atoms with Crippen molar-refractivity contribution in [1.29, 1.82) is 0 Å². The number of hydrogen-bond acceptors (Lipinski definition) is 4. The molecule has 0 spiro atoms. The van der Waals surface area contributed by atoms with Gasteiger partial charge >= 0.3 is 0 Å². The van der Waals surface area contributed by atoms with Crippen LogP contribution in [0.2, 0.25) is 0 Å². The topological polar surface area (TPSA) is 51.0 Å². The molecule has 0 aliphatic rings. The number of aliphatic imine (C=N–C) groups is 1. The van der Waals surface area contributed by atoms with Crippen molar-refractivity contribution >= 4 is 6.21 Å². The van der Waals surface area contributed by atoms with Crippen LogP contribution in [0.5, 0.6) is 17.2 Å². The maximum Gasteiger partial charge on any atom is 0.161 e. The van der Waals surface area contributed by atoms with E-state index in [0.29, 0.717) is 18.8 Å². The van der Waals surface area contributed by atoms with Gasteiger partial charge in [0.05, 0.1) is 19.3 Å². The zero-order chi connectivity index (χ0) is 16.7. The van der Waals surface area contributed by atoms with Gasteiger partial charge in [-0.3, -0.25) is 4.99 Å². The summed E-state index contributed by atoms with van der Waals surface area (Å²) in [5.74, 6) is 1.71. The molecule has 2 rings (SSSR count). The van der Waals surface area contributed by atoms with Crippen LogP contribution in [-0.2, 0) is 0 Å². The number of benzene rings is 2. The molecule has 0 aromatic heterocycles. The lowest BCUT2D eigenvalue weighted by Gasteiger charge is -2.14. The fourth-order valence-electron chi connectivity index (χ4n) is 2.20. The molecule has 0 radical (unpaired) electrons. The molecule has 4 nitrogen and oxygen atoms in total. The lowest BCUT2D eigenvalue weighted by molar-refractivity contribution is 0.287. The van der Waals surface area contributed by atoms with Gasteiger partial charge in [-0.2, -0.15) is 0 Å².